The summed E-state index contributed by atoms with van der Waals surface area (Å²) in [4.78, 5) is 11.9. The summed E-state index contributed by atoms with van der Waals surface area (Å²) in [7, 11) is 0. The van der Waals surface area contributed by atoms with Gasteiger partial charge in [0.2, 0.25) is 5.78 Å². The van der Waals surface area contributed by atoms with Gasteiger partial charge in [0.05, 0.1) is 0 Å². The van der Waals surface area contributed by atoms with E-state index in [1.54, 1.807) is 6.07 Å². The van der Waals surface area contributed by atoms with Crippen LogP contribution in [0.5, 0.6) is 0 Å². The average Bonchev–Trinajstić information content (AvgIpc) is 3.07. The lowest BCUT2D eigenvalue weighted by atomic mass is 10.1. The molecule has 1 aromatic heterocycles. The smallest absolute Gasteiger partial charge is 0.226 e. The van der Waals surface area contributed by atoms with Gasteiger partial charge in [0.25, 0.3) is 0 Å². The highest BCUT2D eigenvalue weighted by molar-refractivity contribution is 6.00. The van der Waals surface area contributed by atoms with Crippen molar-refractivity contribution in [2.75, 3.05) is 0 Å². The third-order valence-electron chi connectivity index (χ3n) is 3.25. The number of aliphatic hydroxyl groups is 1. The first-order chi connectivity index (χ1) is 8.15. The highest BCUT2D eigenvalue weighted by Crippen LogP contribution is 2.34. The summed E-state index contributed by atoms with van der Waals surface area (Å²) in [6.07, 6.45) is 0.982. The molecule has 3 heteroatoms. The minimum absolute atomic E-state index is 0.137. The summed E-state index contributed by atoms with van der Waals surface area (Å²) in [5.41, 5.74) is 1.82. The summed E-state index contributed by atoms with van der Waals surface area (Å²) in [6.45, 7) is 1.99. The molecule has 1 heterocycles. The molecule has 0 aliphatic heterocycles. The molecule has 2 aromatic rings. The van der Waals surface area contributed by atoms with Crippen molar-refractivity contribution in [1.29, 1.82) is 0 Å². The van der Waals surface area contributed by atoms with Crippen LogP contribution in [0.3, 0.4) is 0 Å². The Hall–Kier alpha value is -1.61. The molecule has 88 valence electrons. The molecule has 0 saturated heterocycles. The highest BCUT2D eigenvalue weighted by atomic mass is 16.4. The second-order valence-corrected chi connectivity index (χ2v) is 4.80. The van der Waals surface area contributed by atoms with E-state index in [2.05, 4.69) is 0 Å². The maximum Gasteiger partial charge on any atom is 0.226 e. The Labute approximate surface area is 99.0 Å². The molecule has 1 N–H and O–H groups in total. The van der Waals surface area contributed by atoms with E-state index in [0.717, 1.165) is 23.8 Å². The van der Waals surface area contributed by atoms with Crippen LogP contribution in [0, 0.1) is 12.8 Å². The molecule has 0 amide bonds. The van der Waals surface area contributed by atoms with Crippen LogP contribution in [-0.4, -0.2) is 17.0 Å². The van der Waals surface area contributed by atoms with Crippen molar-refractivity contribution in [3.05, 3.63) is 35.6 Å². The molecule has 0 spiro atoms. The van der Waals surface area contributed by atoms with Crippen LogP contribution in [0.15, 0.2) is 28.7 Å². The van der Waals surface area contributed by atoms with Gasteiger partial charge in [-0.05, 0) is 43.9 Å². The van der Waals surface area contributed by atoms with Crippen LogP contribution in [0.25, 0.3) is 11.0 Å². The molecule has 1 saturated carbocycles. The van der Waals surface area contributed by atoms with Gasteiger partial charge in [-0.2, -0.15) is 0 Å². The van der Waals surface area contributed by atoms with Crippen LogP contribution in [0.2, 0.25) is 0 Å². The van der Waals surface area contributed by atoms with Gasteiger partial charge < -0.3 is 9.52 Å². The standard InChI is InChI=1S/C14H14O3/c1-8-2-5-11-10(6-8)7-12(17-11)14(16)13(15)9-3-4-9/h2,5-7,9,13,15H,3-4H2,1H3. The molecule has 1 atom stereocenters. The summed E-state index contributed by atoms with van der Waals surface area (Å²) in [5, 5.41) is 10.7. The van der Waals surface area contributed by atoms with E-state index in [4.69, 9.17) is 4.42 Å². The fourth-order valence-electron chi connectivity index (χ4n) is 2.06. The van der Waals surface area contributed by atoms with E-state index in [-0.39, 0.29) is 17.5 Å². The monoisotopic (exact) mass is 230 g/mol. The van der Waals surface area contributed by atoms with Gasteiger partial charge in [-0.15, -0.1) is 0 Å². The first-order valence-electron chi connectivity index (χ1n) is 5.87. The molecule has 3 rings (SSSR count). The predicted molar refractivity (Wildman–Crippen MR) is 64.0 cm³/mol. The number of fused-ring (bicyclic) bond motifs is 1. The lowest BCUT2D eigenvalue weighted by Crippen LogP contribution is -2.21. The fraction of sp³-hybridized carbons (Fsp3) is 0.357. The van der Waals surface area contributed by atoms with E-state index < -0.39 is 6.10 Å². The number of hydrogen-bond donors (Lipinski definition) is 1. The Kier molecular flexibility index (Phi) is 2.30. The van der Waals surface area contributed by atoms with Gasteiger partial charge in [0, 0.05) is 5.39 Å². The summed E-state index contributed by atoms with van der Waals surface area (Å²) in [6, 6.07) is 7.48. The van der Waals surface area contributed by atoms with E-state index >= 15 is 0 Å². The second kappa shape index (κ2) is 3.70. The molecule has 0 bridgehead atoms. The maximum absolute atomic E-state index is 11.9. The summed E-state index contributed by atoms with van der Waals surface area (Å²) < 4.78 is 5.47. The molecule has 1 aromatic carbocycles. The largest absolute Gasteiger partial charge is 0.453 e. The Balaban J connectivity index is 1.97. The lowest BCUT2D eigenvalue weighted by Gasteiger charge is -2.04. The van der Waals surface area contributed by atoms with E-state index in [1.807, 2.05) is 25.1 Å². The Morgan fingerprint density at radius 1 is 1.41 bits per heavy atom. The number of aliphatic hydroxyl groups excluding tert-OH is 1. The van der Waals surface area contributed by atoms with Crippen molar-refractivity contribution in [2.24, 2.45) is 5.92 Å². The van der Waals surface area contributed by atoms with Crippen molar-refractivity contribution in [3.8, 4) is 0 Å². The third kappa shape index (κ3) is 1.87. The average molecular weight is 230 g/mol. The summed E-state index contributed by atoms with van der Waals surface area (Å²) >= 11 is 0. The van der Waals surface area contributed by atoms with Gasteiger partial charge in [-0.1, -0.05) is 11.6 Å². The zero-order chi connectivity index (χ0) is 12.0. The molecule has 1 unspecified atom stereocenters. The minimum Gasteiger partial charge on any atom is -0.453 e. The van der Waals surface area contributed by atoms with E-state index in [9.17, 15) is 9.90 Å². The zero-order valence-electron chi connectivity index (χ0n) is 9.64. The lowest BCUT2D eigenvalue weighted by molar-refractivity contribution is 0.0676. The number of rotatable bonds is 3. The number of carbonyl (C=O) groups excluding carboxylic acids is 1. The number of furan rings is 1. The van der Waals surface area contributed by atoms with Gasteiger partial charge in [0.1, 0.15) is 11.7 Å². The normalized spacial score (nSPS) is 17.3. The number of hydrogen-bond acceptors (Lipinski definition) is 3. The number of ketones is 1. The van der Waals surface area contributed by atoms with Crippen LogP contribution < -0.4 is 0 Å². The fourth-order valence-corrected chi connectivity index (χ4v) is 2.06. The van der Waals surface area contributed by atoms with Crippen LogP contribution >= 0.6 is 0 Å². The molecule has 1 aliphatic rings. The van der Waals surface area contributed by atoms with Gasteiger partial charge in [0.15, 0.2) is 5.76 Å². The predicted octanol–water partition coefficient (Wildman–Crippen LogP) is 2.69. The van der Waals surface area contributed by atoms with Gasteiger partial charge in [-0.25, -0.2) is 0 Å². The maximum atomic E-state index is 11.9. The van der Waals surface area contributed by atoms with Crippen molar-refractivity contribution in [2.45, 2.75) is 25.9 Å². The summed E-state index contributed by atoms with van der Waals surface area (Å²) in [5.74, 6) is 0.115. The minimum atomic E-state index is -0.892. The molecule has 0 radical (unpaired) electrons. The van der Waals surface area contributed by atoms with Crippen molar-refractivity contribution < 1.29 is 14.3 Å². The van der Waals surface area contributed by atoms with E-state index in [1.165, 1.54) is 0 Å². The number of aryl methyl sites for hydroxylation is 1. The Bertz CT molecular complexity index is 578. The molecule has 1 fully saturated rings. The number of benzene rings is 1. The molecule has 17 heavy (non-hydrogen) atoms. The van der Waals surface area contributed by atoms with Gasteiger partial charge in [-0.3, -0.25) is 4.79 Å². The van der Waals surface area contributed by atoms with Crippen LogP contribution in [-0.2, 0) is 0 Å². The number of Topliss-reactive ketones (excluding diaryl/α,β-unsaturated/α-hetero) is 1. The SMILES string of the molecule is Cc1ccc2oc(C(=O)C(O)C3CC3)cc2c1. The highest BCUT2D eigenvalue weighted by Gasteiger charge is 2.36. The van der Waals surface area contributed by atoms with Crippen LogP contribution in [0.1, 0.15) is 29.0 Å². The van der Waals surface area contributed by atoms with Crippen molar-refractivity contribution in [3.63, 3.8) is 0 Å². The molecular formula is C14H14O3. The van der Waals surface area contributed by atoms with Crippen molar-refractivity contribution in [1.82, 2.24) is 0 Å². The van der Waals surface area contributed by atoms with Crippen LogP contribution in [0.4, 0.5) is 0 Å². The third-order valence-corrected chi connectivity index (χ3v) is 3.25. The van der Waals surface area contributed by atoms with Crippen molar-refractivity contribution >= 4 is 16.8 Å². The Morgan fingerprint density at radius 3 is 2.88 bits per heavy atom. The second-order valence-electron chi connectivity index (χ2n) is 4.80. The quantitative estimate of drug-likeness (QED) is 0.825. The molecule has 1 aliphatic carbocycles. The molecular weight excluding hydrogens is 216 g/mol. The first kappa shape index (κ1) is 10.5. The zero-order valence-corrected chi connectivity index (χ0v) is 9.64. The molecule has 3 nitrogen and oxygen atoms in total. The number of carbonyl (C=O) groups is 1. The Morgan fingerprint density at radius 2 is 2.18 bits per heavy atom. The van der Waals surface area contributed by atoms with E-state index in [0.29, 0.717) is 5.58 Å². The topological polar surface area (TPSA) is 50.4 Å². The van der Waals surface area contributed by atoms with Gasteiger partial charge >= 0.3 is 0 Å². The first-order valence-corrected chi connectivity index (χ1v) is 5.87.